The Morgan fingerprint density at radius 3 is 2.44 bits per heavy atom. The van der Waals surface area contributed by atoms with E-state index in [2.05, 4.69) is 15.4 Å². The number of methoxy groups -OCH3 is 3. The fourth-order valence-corrected chi connectivity index (χ4v) is 4.74. The SMILES string of the molecule is COc1cc([C@@H]2C3=C(C[C@@H](c4ccc(OC)c(OC)c4)CC3=O)Nc3nc(N)nn32)ccc1O. The number of aromatic hydroxyl groups is 1. The van der Waals surface area contributed by atoms with Gasteiger partial charge < -0.3 is 30.4 Å². The van der Waals surface area contributed by atoms with Crippen LogP contribution in [0.4, 0.5) is 11.9 Å². The van der Waals surface area contributed by atoms with Crippen molar-refractivity contribution in [2.75, 3.05) is 32.4 Å². The number of hydrogen-bond acceptors (Lipinski definition) is 9. The first kappa shape index (κ1) is 21.6. The van der Waals surface area contributed by atoms with Crippen molar-refractivity contribution in [1.82, 2.24) is 14.8 Å². The summed E-state index contributed by atoms with van der Waals surface area (Å²) in [5.74, 6) is 2.05. The van der Waals surface area contributed by atoms with Crippen LogP contribution >= 0.6 is 0 Å². The maximum absolute atomic E-state index is 13.6. The summed E-state index contributed by atoms with van der Waals surface area (Å²) in [5.41, 5.74) is 8.98. The molecule has 0 bridgehead atoms. The third-order valence-corrected chi connectivity index (χ3v) is 6.33. The summed E-state index contributed by atoms with van der Waals surface area (Å²) in [7, 11) is 4.65. The molecule has 2 aliphatic rings. The lowest BCUT2D eigenvalue weighted by atomic mass is 9.78. The molecule has 10 nitrogen and oxygen atoms in total. The molecule has 0 saturated heterocycles. The van der Waals surface area contributed by atoms with Gasteiger partial charge in [0, 0.05) is 17.7 Å². The maximum Gasteiger partial charge on any atom is 0.241 e. The number of anilines is 2. The highest BCUT2D eigenvalue weighted by molar-refractivity contribution is 6.00. The molecule has 0 amide bonds. The number of nitrogens with one attached hydrogen (secondary N) is 1. The van der Waals surface area contributed by atoms with Crippen molar-refractivity contribution in [3.05, 3.63) is 58.8 Å². The smallest absolute Gasteiger partial charge is 0.241 e. The van der Waals surface area contributed by atoms with Gasteiger partial charge in [0.25, 0.3) is 0 Å². The molecule has 5 rings (SSSR count). The molecule has 0 fully saturated rings. The molecule has 34 heavy (non-hydrogen) atoms. The third kappa shape index (κ3) is 3.47. The number of carbonyl (C=O) groups excluding carboxylic acids is 1. The number of ketones is 1. The van der Waals surface area contributed by atoms with E-state index in [1.54, 1.807) is 31.0 Å². The highest BCUT2D eigenvalue weighted by Gasteiger charge is 2.40. The van der Waals surface area contributed by atoms with E-state index in [0.717, 1.165) is 16.8 Å². The van der Waals surface area contributed by atoms with Gasteiger partial charge in [-0.05, 0) is 47.7 Å². The Bertz CT molecular complexity index is 1320. The molecule has 10 heteroatoms. The predicted molar refractivity (Wildman–Crippen MR) is 124 cm³/mol. The van der Waals surface area contributed by atoms with E-state index in [1.807, 2.05) is 18.2 Å². The number of allylic oxidation sites excluding steroid dienone is 2. The highest BCUT2D eigenvalue weighted by Crippen LogP contribution is 2.46. The first-order valence-electron chi connectivity index (χ1n) is 10.8. The number of nitrogens with zero attached hydrogens (tertiary/aromatic N) is 3. The van der Waals surface area contributed by atoms with Gasteiger partial charge in [-0.3, -0.25) is 4.79 Å². The summed E-state index contributed by atoms with van der Waals surface area (Å²) >= 11 is 0. The van der Waals surface area contributed by atoms with Crippen molar-refractivity contribution >= 4 is 17.7 Å². The Morgan fingerprint density at radius 2 is 1.71 bits per heavy atom. The molecule has 2 atom stereocenters. The maximum atomic E-state index is 13.6. The van der Waals surface area contributed by atoms with Gasteiger partial charge in [0.2, 0.25) is 11.9 Å². The lowest BCUT2D eigenvalue weighted by Crippen LogP contribution is -2.33. The van der Waals surface area contributed by atoms with Crippen molar-refractivity contribution in [3.63, 3.8) is 0 Å². The van der Waals surface area contributed by atoms with Gasteiger partial charge in [-0.25, -0.2) is 4.68 Å². The number of Topliss-reactive ketones (excluding diaryl/α,β-unsaturated/α-hetero) is 1. The Balaban J connectivity index is 1.58. The van der Waals surface area contributed by atoms with Gasteiger partial charge in [-0.2, -0.15) is 4.98 Å². The summed E-state index contributed by atoms with van der Waals surface area (Å²) in [6.07, 6.45) is 0.913. The monoisotopic (exact) mass is 463 g/mol. The Kier molecular flexibility index (Phi) is 5.27. The van der Waals surface area contributed by atoms with Crippen LogP contribution in [-0.4, -0.2) is 47.0 Å². The Morgan fingerprint density at radius 1 is 1.00 bits per heavy atom. The molecule has 0 unspecified atom stereocenters. The van der Waals surface area contributed by atoms with Gasteiger partial charge in [0.15, 0.2) is 28.8 Å². The van der Waals surface area contributed by atoms with Crippen LogP contribution in [0.25, 0.3) is 0 Å². The van der Waals surface area contributed by atoms with E-state index in [0.29, 0.717) is 41.6 Å². The van der Waals surface area contributed by atoms with E-state index in [-0.39, 0.29) is 23.4 Å². The molecule has 4 N–H and O–H groups in total. The first-order valence-corrected chi connectivity index (χ1v) is 10.8. The summed E-state index contributed by atoms with van der Waals surface area (Å²) in [6, 6.07) is 10.1. The first-order chi connectivity index (χ1) is 16.4. The molecule has 2 heterocycles. The van der Waals surface area contributed by atoms with Gasteiger partial charge in [-0.15, -0.1) is 5.10 Å². The standard InChI is InChI=1S/C24H25N5O5/c1-32-18-7-5-12(10-20(18)34-3)14-8-15-21(17(31)9-14)22(29-24(26-15)27-23(25)28-29)13-4-6-16(30)19(11-13)33-2/h4-7,10-11,14,22,30H,8-9H2,1-3H3,(H3,25,26,27,28)/t14-,22-/m1/s1. The number of aromatic nitrogens is 3. The minimum Gasteiger partial charge on any atom is -0.504 e. The average molecular weight is 463 g/mol. The van der Waals surface area contributed by atoms with Gasteiger partial charge in [-0.1, -0.05) is 12.1 Å². The molecular formula is C24H25N5O5. The van der Waals surface area contributed by atoms with Gasteiger partial charge in [0.1, 0.15) is 6.04 Å². The zero-order valence-electron chi connectivity index (χ0n) is 19.0. The lowest BCUT2D eigenvalue weighted by Gasteiger charge is -2.35. The second-order valence-electron chi connectivity index (χ2n) is 8.23. The topological polar surface area (TPSA) is 134 Å². The second-order valence-corrected chi connectivity index (χ2v) is 8.23. The normalized spacial score (nSPS) is 19.2. The molecule has 0 radical (unpaired) electrons. The number of ether oxygens (including phenoxy) is 3. The van der Waals surface area contributed by atoms with Crippen LogP contribution < -0.4 is 25.3 Å². The molecule has 1 aliphatic carbocycles. The zero-order chi connectivity index (χ0) is 24.0. The van der Waals surface area contributed by atoms with Crippen LogP contribution in [0.15, 0.2) is 47.7 Å². The number of nitrogen functional groups attached to an aromatic ring is 1. The molecule has 2 aromatic carbocycles. The molecule has 0 spiro atoms. The van der Waals surface area contributed by atoms with E-state index >= 15 is 0 Å². The number of phenols is 1. The summed E-state index contributed by atoms with van der Waals surface area (Å²) < 4.78 is 17.7. The molecule has 1 aromatic heterocycles. The van der Waals surface area contributed by atoms with Crippen molar-refractivity contribution in [1.29, 1.82) is 0 Å². The number of phenolic OH excluding ortho intramolecular Hbond substituents is 1. The third-order valence-electron chi connectivity index (χ3n) is 6.33. The van der Waals surface area contributed by atoms with Crippen molar-refractivity contribution in [2.45, 2.75) is 24.8 Å². The van der Waals surface area contributed by atoms with Crippen LogP contribution in [0.3, 0.4) is 0 Å². The molecule has 1 aliphatic heterocycles. The number of rotatable bonds is 5. The fourth-order valence-electron chi connectivity index (χ4n) is 4.74. The molecule has 0 saturated carbocycles. The fraction of sp³-hybridized carbons (Fsp3) is 0.292. The number of benzene rings is 2. The van der Waals surface area contributed by atoms with Crippen LogP contribution in [0.1, 0.15) is 35.9 Å². The Labute approximate surface area is 196 Å². The quantitative estimate of drug-likeness (QED) is 0.522. The Hall–Kier alpha value is -4.21. The van der Waals surface area contributed by atoms with Crippen LogP contribution in [0, 0.1) is 0 Å². The number of carbonyl (C=O) groups is 1. The minimum absolute atomic E-state index is 0.00898. The van der Waals surface area contributed by atoms with Gasteiger partial charge >= 0.3 is 0 Å². The largest absolute Gasteiger partial charge is 0.504 e. The van der Waals surface area contributed by atoms with E-state index < -0.39 is 6.04 Å². The second kappa shape index (κ2) is 8.29. The number of hydrogen-bond donors (Lipinski definition) is 3. The average Bonchev–Trinajstić information content (AvgIpc) is 3.22. The molecular weight excluding hydrogens is 438 g/mol. The summed E-state index contributed by atoms with van der Waals surface area (Å²) in [5, 5.41) is 17.7. The number of fused-ring (bicyclic) bond motifs is 1. The highest BCUT2D eigenvalue weighted by atomic mass is 16.5. The summed E-state index contributed by atoms with van der Waals surface area (Å²) in [6.45, 7) is 0. The van der Waals surface area contributed by atoms with E-state index in [1.165, 1.54) is 13.2 Å². The van der Waals surface area contributed by atoms with Crippen molar-refractivity contribution in [3.8, 4) is 23.0 Å². The zero-order valence-corrected chi connectivity index (χ0v) is 19.0. The van der Waals surface area contributed by atoms with Crippen molar-refractivity contribution < 1.29 is 24.1 Å². The van der Waals surface area contributed by atoms with Crippen LogP contribution in [0.2, 0.25) is 0 Å². The summed E-state index contributed by atoms with van der Waals surface area (Å²) in [4.78, 5) is 17.9. The van der Waals surface area contributed by atoms with E-state index in [4.69, 9.17) is 19.9 Å². The minimum atomic E-state index is -0.551. The predicted octanol–water partition coefficient (Wildman–Crippen LogP) is 3.01. The van der Waals surface area contributed by atoms with Gasteiger partial charge in [0.05, 0.1) is 21.3 Å². The molecule has 176 valence electrons. The number of nitrogens with two attached hydrogens (primary N) is 1. The van der Waals surface area contributed by atoms with Crippen LogP contribution in [-0.2, 0) is 4.79 Å². The van der Waals surface area contributed by atoms with Crippen LogP contribution in [0.5, 0.6) is 23.0 Å². The lowest BCUT2D eigenvalue weighted by molar-refractivity contribution is -0.116. The van der Waals surface area contributed by atoms with E-state index in [9.17, 15) is 9.90 Å². The molecule has 3 aromatic rings. The van der Waals surface area contributed by atoms with Crippen molar-refractivity contribution in [2.24, 2.45) is 0 Å².